The van der Waals surface area contributed by atoms with Crippen LogP contribution in [0.25, 0.3) is 0 Å². The molecule has 0 aromatic heterocycles. The van der Waals surface area contributed by atoms with E-state index in [4.69, 9.17) is 4.74 Å². The Balaban J connectivity index is 3.39. The minimum absolute atomic E-state index is 0.920. The summed E-state index contributed by atoms with van der Waals surface area (Å²) in [6.45, 7) is 6.16. The predicted octanol–water partition coefficient (Wildman–Crippen LogP) is 2.91. The summed E-state index contributed by atoms with van der Waals surface area (Å²) < 4.78 is 5.21. The Morgan fingerprint density at radius 3 is 2.25 bits per heavy atom. The second-order valence-electron chi connectivity index (χ2n) is 2.99. The van der Waals surface area contributed by atoms with Crippen LogP contribution in [0, 0.1) is 20.8 Å². The molecule has 0 unspecified atom stereocenters. The van der Waals surface area contributed by atoms with Crippen molar-refractivity contribution >= 4 is 12.6 Å². The molecule has 0 fully saturated rings. The van der Waals surface area contributed by atoms with Crippen molar-refractivity contribution in [2.45, 2.75) is 25.7 Å². The van der Waals surface area contributed by atoms with E-state index in [1.807, 2.05) is 13.0 Å². The quantitative estimate of drug-likeness (QED) is 0.657. The largest absolute Gasteiger partial charge is 0.496 e. The Morgan fingerprint density at radius 1 is 1.17 bits per heavy atom. The average molecular weight is 182 g/mol. The van der Waals surface area contributed by atoms with Gasteiger partial charge in [-0.05, 0) is 38.0 Å². The zero-order valence-corrected chi connectivity index (χ0v) is 8.83. The molecule has 1 aromatic carbocycles. The van der Waals surface area contributed by atoms with Crippen LogP contribution in [0.2, 0.25) is 0 Å². The van der Waals surface area contributed by atoms with E-state index >= 15 is 0 Å². The fourth-order valence-corrected chi connectivity index (χ4v) is 1.50. The lowest BCUT2D eigenvalue weighted by Gasteiger charge is -2.11. The molecule has 2 heteroatoms. The lowest BCUT2D eigenvalue weighted by Crippen LogP contribution is -1.93. The molecule has 0 aliphatic heterocycles. The van der Waals surface area contributed by atoms with E-state index in [2.05, 4.69) is 26.5 Å². The molecule has 0 aliphatic carbocycles. The Labute approximate surface area is 79.2 Å². The average Bonchev–Trinajstić information content (AvgIpc) is 2.08. The number of hydrogen-bond donors (Lipinski definition) is 1. The number of methoxy groups -OCH3 is 1. The number of ether oxygens (including phenoxy) is 1. The first-order chi connectivity index (χ1) is 5.57. The summed E-state index contributed by atoms with van der Waals surface area (Å²) in [6, 6.07) is 2.05. The summed E-state index contributed by atoms with van der Waals surface area (Å²) in [5, 5.41) is 0. The SMILES string of the molecule is COc1cc(C)c(C)c(S)c1C. The lowest BCUT2D eigenvalue weighted by atomic mass is 10.1. The highest BCUT2D eigenvalue weighted by atomic mass is 32.1. The number of thiol groups is 1. The lowest BCUT2D eigenvalue weighted by molar-refractivity contribution is 0.409. The Kier molecular flexibility index (Phi) is 2.68. The van der Waals surface area contributed by atoms with Crippen molar-refractivity contribution in [3.05, 3.63) is 22.8 Å². The molecule has 0 heterocycles. The summed E-state index contributed by atoms with van der Waals surface area (Å²) in [6.07, 6.45) is 0. The number of aryl methyl sites for hydroxylation is 1. The van der Waals surface area contributed by atoms with Crippen LogP contribution in [0.4, 0.5) is 0 Å². The zero-order valence-electron chi connectivity index (χ0n) is 7.93. The summed E-state index contributed by atoms with van der Waals surface area (Å²) in [4.78, 5) is 1.03. The third-order valence-corrected chi connectivity index (χ3v) is 2.91. The smallest absolute Gasteiger partial charge is 0.123 e. The molecule has 0 aliphatic rings. The maximum absolute atomic E-state index is 5.21. The predicted molar refractivity (Wildman–Crippen MR) is 54.5 cm³/mol. The molecule has 0 atom stereocenters. The van der Waals surface area contributed by atoms with Crippen molar-refractivity contribution in [3.8, 4) is 5.75 Å². The molecule has 0 saturated heterocycles. The second-order valence-corrected chi connectivity index (χ2v) is 3.44. The van der Waals surface area contributed by atoms with Crippen LogP contribution < -0.4 is 4.74 Å². The fraction of sp³-hybridized carbons (Fsp3) is 0.400. The molecule has 0 saturated carbocycles. The van der Waals surface area contributed by atoms with Crippen LogP contribution in [0.15, 0.2) is 11.0 Å². The molecule has 1 nitrogen and oxygen atoms in total. The Morgan fingerprint density at radius 2 is 1.75 bits per heavy atom. The van der Waals surface area contributed by atoms with Crippen LogP contribution in [-0.2, 0) is 0 Å². The van der Waals surface area contributed by atoms with Gasteiger partial charge in [0.2, 0.25) is 0 Å². The topological polar surface area (TPSA) is 9.23 Å². The van der Waals surface area contributed by atoms with Crippen molar-refractivity contribution < 1.29 is 4.74 Å². The van der Waals surface area contributed by atoms with Gasteiger partial charge < -0.3 is 4.74 Å². The van der Waals surface area contributed by atoms with Gasteiger partial charge in [0.15, 0.2) is 0 Å². The van der Waals surface area contributed by atoms with Gasteiger partial charge in [0.25, 0.3) is 0 Å². The maximum Gasteiger partial charge on any atom is 0.123 e. The van der Waals surface area contributed by atoms with Crippen molar-refractivity contribution in [2.75, 3.05) is 7.11 Å². The molecule has 12 heavy (non-hydrogen) atoms. The van der Waals surface area contributed by atoms with Crippen LogP contribution in [0.1, 0.15) is 16.7 Å². The van der Waals surface area contributed by atoms with Gasteiger partial charge in [-0.3, -0.25) is 0 Å². The van der Waals surface area contributed by atoms with Crippen molar-refractivity contribution in [1.29, 1.82) is 0 Å². The number of benzene rings is 1. The van der Waals surface area contributed by atoms with E-state index in [0.717, 1.165) is 16.2 Å². The van der Waals surface area contributed by atoms with E-state index in [1.165, 1.54) is 11.1 Å². The van der Waals surface area contributed by atoms with Gasteiger partial charge in [0, 0.05) is 10.5 Å². The molecule has 0 N–H and O–H groups in total. The van der Waals surface area contributed by atoms with Crippen LogP contribution in [0.5, 0.6) is 5.75 Å². The van der Waals surface area contributed by atoms with Gasteiger partial charge in [-0.1, -0.05) is 0 Å². The second kappa shape index (κ2) is 3.40. The molecule has 0 spiro atoms. The Bertz CT molecular complexity index is 305. The highest BCUT2D eigenvalue weighted by Crippen LogP contribution is 2.29. The van der Waals surface area contributed by atoms with Gasteiger partial charge in [0.1, 0.15) is 5.75 Å². The first-order valence-corrected chi connectivity index (χ1v) is 4.36. The highest BCUT2D eigenvalue weighted by Gasteiger charge is 2.06. The summed E-state index contributed by atoms with van der Waals surface area (Å²) >= 11 is 4.42. The summed E-state index contributed by atoms with van der Waals surface area (Å²) in [7, 11) is 1.68. The minimum atomic E-state index is 0.920. The highest BCUT2D eigenvalue weighted by molar-refractivity contribution is 7.80. The first kappa shape index (κ1) is 9.46. The fourth-order valence-electron chi connectivity index (χ4n) is 1.21. The van der Waals surface area contributed by atoms with E-state index in [0.29, 0.717) is 0 Å². The molecule has 0 amide bonds. The molecular formula is C10H14OS. The Hall–Kier alpha value is -0.630. The van der Waals surface area contributed by atoms with Gasteiger partial charge in [-0.15, -0.1) is 12.6 Å². The van der Waals surface area contributed by atoms with Gasteiger partial charge in [-0.2, -0.15) is 0 Å². The molecule has 1 aromatic rings. The molecule has 0 bridgehead atoms. The van der Waals surface area contributed by atoms with Crippen LogP contribution in [-0.4, -0.2) is 7.11 Å². The minimum Gasteiger partial charge on any atom is -0.496 e. The normalized spacial score (nSPS) is 10.1. The van der Waals surface area contributed by atoms with Crippen LogP contribution in [0.3, 0.4) is 0 Å². The first-order valence-electron chi connectivity index (χ1n) is 3.91. The van der Waals surface area contributed by atoms with Gasteiger partial charge in [-0.25, -0.2) is 0 Å². The molecule has 1 rings (SSSR count). The zero-order chi connectivity index (χ0) is 9.30. The number of hydrogen-bond acceptors (Lipinski definition) is 2. The monoisotopic (exact) mass is 182 g/mol. The third kappa shape index (κ3) is 1.44. The summed E-state index contributed by atoms with van der Waals surface area (Å²) in [5.74, 6) is 0.920. The van der Waals surface area contributed by atoms with E-state index in [-0.39, 0.29) is 0 Å². The standard InChI is InChI=1S/C10H14OS/c1-6-5-9(11-4)8(3)10(12)7(6)2/h5,12H,1-4H3. The van der Waals surface area contributed by atoms with E-state index in [1.54, 1.807) is 7.11 Å². The number of rotatable bonds is 1. The van der Waals surface area contributed by atoms with Crippen molar-refractivity contribution in [2.24, 2.45) is 0 Å². The van der Waals surface area contributed by atoms with E-state index < -0.39 is 0 Å². The molecule has 66 valence electrons. The van der Waals surface area contributed by atoms with Crippen molar-refractivity contribution in [3.63, 3.8) is 0 Å². The van der Waals surface area contributed by atoms with E-state index in [9.17, 15) is 0 Å². The molecule has 0 radical (unpaired) electrons. The molecular weight excluding hydrogens is 168 g/mol. The van der Waals surface area contributed by atoms with Crippen LogP contribution >= 0.6 is 12.6 Å². The maximum atomic E-state index is 5.21. The van der Waals surface area contributed by atoms with Gasteiger partial charge in [0.05, 0.1) is 7.11 Å². The summed E-state index contributed by atoms with van der Waals surface area (Å²) in [5.41, 5.74) is 3.57. The van der Waals surface area contributed by atoms with Gasteiger partial charge >= 0.3 is 0 Å². The third-order valence-electron chi connectivity index (χ3n) is 2.24. The van der Waals surface area contributed by atoms with Crippen molar-refractivity contribution in [1.82, 2.24) is 0 Å².